The van der Waals surface area contributed by atoms with Crippen LogP contribution in [0.25, 0.3) is 10.8 Å². The molecule has 2 heterocycles. The Labute approximate surface area is 190 Å². The number of unbranched alkanes of at least 4 members (excludes halogenated alkanes) is 1. The molecule has 0 amide bonds. The van der Waals surface area contributed by atoms with E-state index in [0.717, 1.165) is 35.1 Å². The van der Waals surface area contributed by atoms with Gasteiger partial charge in [0.1, 0.15) is 12.0 Å². The predicted octanol–water partition coefficient (Wildman–Crippen LogP) is 5.33. The first kappa shape index (κ1) is 22.2. The van der Waals surface area contributed by atoms with Crippen LogP contribution in [-0.2, 0) is 6.42 Å². The summed E-state index contributed by atoms with van der Waals surface area (Å²) < 4.78 is 11.7. The van der Waals surface area contributed by atoms with Gasteiger partial charge in [-0.25, -0.2) is 4.90 Å². The number of ether oxygens (including phenoxy) is 1. The summed E-state index contributed by atoms with van der Waals surface area (Å²) in [7, 11) is 3.36. The Morgan fingerprint density at radius 1 is 1.12 bits per heavy atom. The van der Waals surface area contributed by atoms with Crippen LogP contribution in [0.5, 0.6) is 5.75 Å². The number of furan rings is 1. The van der Waals surface area contributed by atoms with Crippen molar-refractivity contribution < 1.29 is 9.15 Å². The van der Waals surface area contributed by atoms with Crippen LogP contribution >= 0.6 is 0 Å². The van der Waals surface area contributed by atoms with E-state index in [1.807, 2.05) is 35.2 Å². The van der Waals surface area contributed by atoms with E-state index in [0.29, 0.717) is 11.8 Å². The van der Waals surface area contributed by atoms with Gasteiger partial charge < -0.3 is 19.8 Å². The van der Waals surface area contributed by atoms with E-state index in [-0.39, 0.29) is 0 Å². The minimum atomic E-state index is 0.352. The van der Waals surface area contributed by atoms with Gasteiger partial charge in [0.15, 0.2) is 0 Å². The highest BCUT2D eigenvalue weighted by atomic mass is 16.5. The number of aryl methyl sites for hydroxylation is 1. The SMILES string of the molecule is CN=C(N)N(c1cc(CCCCN2CCCCC2)ccc1OC)c1occ2ccccc12. The summed E-state index contributed by atoms with van der Waals surface area (Å²) in [5.74, 6) is 1.73. The number of benzene rings is 2. The summed E-state index contributed by atoms with van der Waals surface area (Å²) in [6.07, 6.45) is 9.21. The quantitative estimate of drug-likeness (QED) is 0.295. The first-order valence-corrected chi connectivity index (χ1v) is 11.6. The summed E-state index contributed by atoms with van der Waals surface area (Å²) in [6, 6.07) is 14.3. The number of fused-ring (bicyclic) bond motifs is 1. The van der Waals surface area contributed by atoms with Crippen LogP contribution < -0.4 is 15.4 Å². The van der Waals surface area contributed by atoms with Crippen LogP contribution in [0.2, 0.25) is 0 Å². The van der Waals surface area contributed by atoms with Gasteiger partial charge in [-0.05, 0) is 75.5 Å². The second kappa shape index (κ2) is 10.6. The average molecular weight is 435 g/mol. The lowest BCUT2D eigenvalue weighted by molar-refractivity contribution is 0.225. The molecule has 0 saturated carbocycles. The lowest BCUT2D eigenvalue weighted by atomic mass is 10.1. The molecular formula is C26H34N4O2. The Kier molecular flexibility index (Phi) is 7.32. The van der Waals surface area contributed by atoms with Gasteiger partial charge in [-0.15, -0.1) is 0 Å². The van der Waals surface area contributed by atoms with Gasteiger partial charge in [-0.2, -0.15) is 0 Å². The van der Waals surface area contributed by atoms with Crippen molar-refractivity contribution >= 4 is 28.3 Å². The third kappa shape index (κ3) is 4.91. The molecule has 1 aromatic heterocycles. The zero-order valence-electron chi connectivity index (χ0n) is 19.2. The molecule has 1 aliphatic rings. The summed E-state index contributed by atoms with van der Waals surface area (Å²) in [6.45, 7) is 3.71. The molecule has 6 heteroatoms. The number of hydrogen-bond acceptors (Lipinski definition) is 4. The molecule has 4 rings (SSSR count). The maximum absolute atomic E-state index is 6.36. The number of likely N-dealkylation sites (tertiary alicyclic amines) is 1. The van der Waals surface area contributed by atoms with Crippen LogP contribution in [0, 0.1) is 0 Å². The van der Waals surface area contributed by atoms with Gasteiger partial charge >= 0.3 is 0 Å². The van der Waals surface area contributed by atoms with Crippen molar-refractivity contribution in [3.8, 4) is 5.75 Å². The van der Waals surface area contributed by atoms with Gasteiger partial charge in [0, 0.05) is 17.8 Å². The van der Waals surface area contributed by atoms with E-state index in [1.165, 1.54) is 50.9 Å². The zero-order valence-corrected chi connectivity index (χ0v) is 19.2. The Morgan fingerprint density at radius 2 is 1.94 bits per heavy atom. The normalized spacial score (nSPS) is 15.2. The minimum Gasteiger partial charge on any atom is -0.495 e. The number of rotatable bonds is 8. The molecule has 32 heavy (non-hydrogen) atoms. The molecule has 2 N–H and O–H groups in total. The van der Waals surface area contributed by atoms with E-state index in [9.17, 15) is 0 Å². The van der Waals surface area contributed by atoms with E-state index in [2.05, 4.69) is 22.0 Å². The minimum absolute atomic E-state index is 0.352. The number of nitrogens with two attached hydrogens (primary N) is 1. The molecule has 0 bridgehead atoms. The van der Waals surface area contributed by atoms with Crippen molar-refractivity contribution in [2.45, 2.75) is 38.5 Å². The number of guanidine groups is 1. The monoisotopic (exact) mass is 434 g/mol. The summed E-state index contributed by atoms with van der Waals surface area (Å²) in [5, 5.41) is 2.00. The number of aliphatic imine (C=N–C) groups is 1. The Morgan fingerprint density at radius 3 is 2.72 bits per heavy atom. The van der Waals surface area contributed by atoms with Gasteiger partial charge in [0.05, 0.1) is 12.8 Å². The summed E-state index contributed by atoms with van der Waals surface area (Å²) >= 11 is 0. The summed E-state index contributed by atoms with van der Waals surface area (Å²) in [5.41, 5.74) is 8.46. The second-order valence-corrected chi connectivity index (χ2v) is 8.41. The van der Waals surface area contributed by atoms with Crippen LogP contribution in [0.15, 0.2) is 58.1 Å². The first-order chi connectivity index (χ1) is 15.7. The first-order valence-electron chi connectivity index (χ1n) is 11.6. The van der Waals surface area contributed by atoms with Crippen molar-refractivity contribution in [1.29, 1.82) is 0 Å². The fourth-order valence-electron chi connectivity index (χ4n) is 4.50. The number of nitrogens with zero attached hydrogens (tertiary/aromatic N) is 3. The number of anilines is 2. The Balaban J connectivity index is 1.56. The van der Waals surface area contributed by atoms with Crippen molar-refractivity contribution in [3.63, 3.8) is 0 Å². The van der Waals surface area contributed by atoms with Gasteiger partial charge in [0.25, 0.3) is 0 Å². The molecule has 0 atom stereocenters. The van der Waals surface area contributed by atoms with Crippen LogP contribution in [-0.4, -0.2) is 44.7 Å². The van der Waals surface area contributed by atoms with E-state index in [4.69, 9.17) is 14.9 Å². The number of methoxy groups -OCH3 is 1. The highest BCUT2D eigenvalue weighted by molar-refractivity contribution is 6.08. The smallest absolute Gasteiger partial charge is 0.214 e. The topological polar surface area (TPSA) is 67.2 Å². The predicted molar refractivity (Wildman–Crippen MR) is 132 cm³/mol. The van der Waals surface area contributed by atoms with Gasteiger partial charge in [-0.1, -0.05) is 30.7 Å². The molecule has 1 fully saturated rings. The lowest BCUT2D eigenvalue weighted by Crippen LogP contribution is -2.33. The van der Waals surface area contributed by atoms with E-state index >= 15 is 0 Å². The van der Waals surface area contributed by atoms with E-state index in [1.54, 1.807) is 20.4 Å². The standard InChI is InChI=1S/C26H34N4O2/c1-28-26(27)30(25-22-12-5-4-11-21(22)19-32-25)23-18-20(13-14-24(23)31-2)10-6-9-17-29-15-7-3-8-16-29/h4-5,11-14,18-19H,3,6-10,15-17H2,1-2H3,(H2,27,28). The van der Waals surface area contributed by atoms with Crippen LogP contribution in [0.1, 0.15) is 37.7 Å². The number of piperidine rings is 1. The highest BCUT2D eigenvalue weighted by Crippen LogP contribution is 2.39. The molecule has 0 unspecified atom stereocenters. The maximum atomic E-state index is 6.36. The Bertz CT molecular complexity index is 1050. The zero-order chi connectivity index (χ0) is 22.3. The van der Waals surface area contributed by atoms with Crippen molar-refractivity contribution in [3.05, 3.63) is 54.3 Å². The molecule has 0 aliphatic carbocycles. The third-order valence-corrected chi connectivity index (χ3v) is 6.27. The molecule has 0 radical (unpaired) electrons. The molecule has 2 aromatic carbocycles. The Hall–Kier alpha value is -2.99. The average Bonchev–Trinajstić information content (AvgIpc) is 3.26. The second-order valence-electron chi connectivity index (χ2n) is 8.41. The fourth-order valence-corrected chi connectivity index (χ4v) is 4.50. The van der Waals surface area contributed by atoms with Crippen LogP contribution in [0.4, 0.5) is 11.6 Å². The highest BCUT2D eigenvalue weighted by Gasteiger charge is 2.23. The molecular weight excluding hydrogens is 400 g/mol. The van der Waals surface area contributed by atoms with Gasteiger partial charge in [-0.3, -0.25) is 4.99 Å². The molecule has 170 valence electrons. The number of hydrogen-bond donors (Lipinski definition) is 1. The summed E-state index contributed by atoms with van der Waals surface area (Å²) in [4.78, 5) is 8.71. The molecule has 3 aromatic rings. The maximum Gasteiger partial charge on any atom is 0.214 e. The van der Waals surface area contributed by atoms with E-state index < -0.39 is 0 Å². The van der Waals surface area contributed by atoms with Crippen molar-refractivity contribution in [2.75, 3.05) is 38.7 Å². The molecule has 6 nitrogen and oxygen atoms in total. The van der Waals surface area contributed by atoms with Crippen molar-refractivity contribution in [1.82, 2.24) is 4.90 Å². The molecule has 1 saturated heterocycles. The lowest BCUT2D eigenvalue weighted by Gasteiger charge is -2.26. The third-order valence-electron chi connectivity index (χ3n) is 6.27. The van der Waals surface area contributed by atoms with Crippen LogP contribution in [0.3, 0.4) is 0 Å². The molecule has 0 spiro atoms. The largest absolute Gasteiger partial charge is 0.495 e. The van der Waals surface area contributed by atoms with Gasteiger partial charge in [0.2, 0.25) is 11.8 Å². The fraction of sp³-hybridized carbons (Fsp3) is 0.423. The van der Waals surface area contributed by atoms with Crippen molar-refractivity contribution in [2.24, 2.45) is 10.7 Å². The molecule has 1 aliphatic heterocycles.